The Hall–Kier alpha value is -2.14. The number of nitrogens with zero attached hydrogens (tertiary/aromatic N) is 1. The van der Waals surface area contributed by atoms with Gasteiger partial charge in [0, 0.05) is 28.8 Å². The molecule has 0 saturated carbocycles. The van der Waals surface area contributed by atoms with Gasteiger partial charge in [-0.15, -0.1) is 0 Å². The molecule has 0 spiro atoms. The van der Waals surface area contributed by atoms with Crippen LogP contribution < -0.4 is 10.2 Å². The molecule has 0 bridgehead atoms. The summed E-state index contributed by atoms with van der Waals surface area (Å²) in [5, 5.41) is 2.95. The van der Waals surface area contributed by atoms with Gasteiger partial charge in [-0.05, 0) is 54.8 Å². The van der Waals surface area contributed by atoms with Crippen LogP contribution in [-0.4, -0.2) is 18.4 Å². The van der Waals surface area contributed by atoms with E-state index < -0.39 is 0 Å². The average Bonchev–Trinajstić information content (AvgIpc) is 2.99. The maximum atomic E-state index is 12.6. The fraction of sp³-hybridized carbons (Fsp3) is 0.300. The summed E-state index contributed by atoms with van der Waals surface area (Å²) in [7, 11) is 0. The van der Waals surface area contributed by atoms with E-state index in [1.54, 1.807) is 4.90 Å². The number of hydrogen-bond donors (Lipinski definition) is 1. The van der Waals surface area contributed by atoms with E-state index in [0.29, 0.717) is 6.54 Å². The lowest BCUT2D eigenvalue weighted by molar-refractivity contribution is -0.122. The van der Waals surface area contributed by atoms with Crippen LogP contribution in [0.15, 0.2) is 46.9 Å². The minimum Gasteiger partial charge on any atom is -0.326 e. The van der Waals surface area contributed by atoms with Crippen LogP contribution in [0.3, 0.4) is 0 Å². The van der Waals surface area contributed by atoms with Crippen molar-refractivity contribution >= 4 is 39.1 Å². The lowest BCUT2D eigenvalue weighted by atomic mass is 10.1. The molecular weight excluding hydrogens is 380 g/mol. The number of hydrogen-bond acceptors (Lipinski definition) is 2. The first-order valence-corrected chi connectivity index (χ1v) is 9.23. The molecule has 0 radical (unpaired) electrons. The molecule has 2 aromatic rings. The predicted octanol–water partition coefficient (Wildman–Crippen LogP) is 4.31. The van der Waals surface area contributed by atoms with Crippen molar-refractivity contribution in [3.8, 4) is 0 Å². The van der Waals surface area contributed by atoms with Gasteiger partial charge in [-0.1, -0.05) is 35.0 Å². The van der Waals surface area contributed by atoms with Gasteiger partial charge in [0.2, 0.25) is 11.8 Å². The number of aryl methyl sites for hydroxylation is 2. The molecule has 2 amide bonds. The van der Waals surface area contributed by atoms with E-state index in [4.69, 9.17) is 0 Å². The van der Waals surface area contributed by atoms with Gasteiger partial charge < -0.3 is 10.2 Å². The Kier molecular flexibility index (Phi) is 5.23. The first-order valence-electron chi connectivity index (χ1n) is 8.44. The fourth-order valence-electron chi connectivity index (χ4n) is 3.05. The highest BCUT2D eigenvalue weighted by Gasteiger charge is 2.35. The summed E-state index contributed by atoms with van der Waals surface area (Å²) in [5.74, 6) is -0.440. The summed E-state index contributed by atoms with van der Waals surface area (Å²) < 4.78 is 0.973. The Balaban J connectivity index is 1.69. The summed E-state index contributed by atoms with van der Waals surface area (Å²) in [4.78, 5) is 26.6. The molecule has 4 nitrogen and oxygen atoms in total. The number of carbonyl (C=O) groups is 2. The lowest BCUT2D eigenvalue weighted by Gasteiger charge is -2.17. The quantitative estimate of drug-likeness (QED) is 0.830. The first kappa shape index (κ1) is 17.7. The molecule has 3 rings (SSSR count). The third kappa shape index (κ3) is 3.93. The number of anilines is 2. The number of benzene rings is 2. The Bertz CT molecular complexity index is 802. The van der Waals surface area contributed by atoms with Gasteiger partial charge in [0.1, 0.15) is 0 Å². The van der Waals surface area contributed by atoms with E-state index in [0.717, 1.165) is 27.8 Å². The minimum absolute atomic E-state index is 0.00285. The minimum atomic E-state index is -0.332. The van der Waals surface area contributed by atoms with Crippen molar-refractivity contribution in [3.63, 3.8) is 0 Å². The van der Waals surface area contributed by atoms with Gasteiger partial charge in [0.05, 0.1) is 5.92 Å². The van der Waals surface area contributed by atoms with E-state index in [2.05, 4.69) is 28.2 Å². The van der Waals surface area contributed by atoms with Crippen molar-refractivity contribution in [2.24, 2.45) is 5.92 Å². The van der Waals surface area contributed by atoms with E-state index in [1.807, 2.05) is 49.4 Å². The molecule has 1 unspecified atom stereocenters. The fourth-order valence-corrected chi connectivity index (χ4v) is 3.52. The maximum absolute atomic E-state index is 12.6. The third-order valence-corrected chi connectivity index (χ3v) is 5.09. The summed E-state index contributed by atoms with van der Waals surface area (Å²) in [6.45, 7) is 4.47. The van der Waals surface area contributed by atoms with Gasteiger partial charge >= 0.3 is 0 Å². The zero-order valence-corrected chi connectivity index (χ0v) is 16.0. The standard InChI is InChI=1S/C20H21BrN2O2/c1-3-14-4-7-17(8-5-14)23-12-15(11-19(23)24)20(25)22-18-9-6-16(21)10-13(18)2/h4-10,15H,3,11-12H2,1-2H3,(H,22,25). The molecule has 1 aliphatic rings. The molecule has 25 heavy (non-hydrogen) atoms. The number of carbonyl (C=O) groups excluding carboxylic acids is 2. The highest BCUT2D eigenvalue weighted by atomic mass is 79.9. The summed E-state index contributed by atoms with van der Waals surface area (Å²) in [6.07, 6.45) is 1.21. The average molecular weight is 401 g/mol. The molecule has 1 saturated heterocycles. The Labute approximate surface area is 156 Å². The molecule has 1 N–H and O–H groups in total. The zero-order chi connectivity index (χ0) is 18.0. The van der Waals surface area contributed by atoms with E-state index in [-0.39, 0.29) is 24.2 Å². The maximum Gasteiger partial charge on any atom is 0.229 e. The highest BCUT2D eigenvalue weighted by molar-refractivity contribution is 9.10. The van der Waals surface area contributed by atoms with Gasteiger partial charge in [0.15, 0.2) is 0 Å². The number of halogens is 1. The second-order valence-corrected chi connectivity index (χ2v) is 7.29. The first-order chi connectivity index (χ1) is 12.0. The van der Waals surface area contributed by atoms with E-state index >= 15 is 0 Å². The topological polar surface area (TPSA) is 49.4 Å². The van der Waals surface area contributed by atoms with E-state index in [1.165, 1.54) is 5.56 Å². The second-order valence-electron chi connectivity index (χ2n) is 6.37. The zero-order valence-electron chi connectivity index (χ0n) is 14.4. The van der Waals surface area contributed by atoms with Crippen LogP contribution in [-0.2, 0) is 16.0 Å². The van der Waals surface area contributed by atoms with Gasteiger partial charge in [-0.3, -0.25) is 9.59 Å². The second kappa shape index (κ2) is 7.40. The van der Waals surface area contributed by atoms with Crippen LogP contribution in [0.1, 0.15) is 24.5 Å². The van der Waals surface area contributed by atoms with Crippen LogP contribution >= 0.6 is 15.9 Å². The summed E-state index contributed by atoms with van der Waals surface area (Å²) in [6, 6.07) is 13.7. The molecule has 1 aliphatic heterocycles. The normalized spacial score (nSPS) is 17.0. The van der Waals surface area contributed by atoms with Crippen molar-refractivity contribution < 1.29 is 9.59 Å². The molecule has 1 fully saturated rings. The van der Waals surface area contributed by atoms with Crippen molar-refractivity contribution in [1.82, 2.24) is 0 Å². The number of rotatable bonds is 4. The SMILES string of the molecule is CCc1ccc(N2CC(C(=O)Nc3ccc(Br)cc3C)CC2=O)cc1. The van der Waals surface area contributed by atoms with Gasteiger partial charge in [-0.2, -0.15) is 0 Å². The molecule has 1 atom stereocenters. The molecule has 130 valence electrons. The molecular formula is C20H21BrN2O2. The van der Waals surface area contributed by atoms with Crippen molar-refractivity contribution in [2.75, 3.05) is 16.8 Å². The number of amides is 2. The molecule has 2 aromatic carbocycles. The van der Waals surface area contributed by atoms with Crippen molar-refractivity contribution in [3.05, 3.63) is 58.1 Å². The number of nitrogens with one attached hydrogen (secondary N) is 1. The van der Waals surface area contributed by atoms with Crippen LogP contribution in [0, 0.1) is 12.8 Å². The summed E-state index contributed by atoms with van der Waals surface area (Å²) in [5.41, 5.74) is 3.86. The van der Waals surface area contributed by atoms with Gasteiger partial charge in [-0.25, -0.2) is 0 Å². The van der Waals surface area contributed by atoms with Crippen LogP contribution in [0.2, 0.25) is 0 Å². The summed E-state index contributed by atoms with van der Waals surface area (Å²) >= 11 is 3.42. The molecule has 0 aliphatic carbocycles. The molecule has 0 aromatic heterocycles. The monoisotopic (exact) mass is 400 g/mol. The van der Waals surface area contributed by atoms with Crippen LogP contribution in [0.25, 0.3) is 0 Å². The van der Waals surface area contributed by atoms with Gasteiger partial charge in [0.25, 0.3) is 0 Å². The lowest BCUT2D eigenvalue weighted by Crippen LogP contribution is -2.28. The van der Waals surface area contributed by atoms with Crippen LogP contribution in [0.5, 0.6) is 0 Å². The van der Waals surface area contributed by atoms with E-state index in [9.17, 15) is 9.59 Å². The Morgan fingerprint density at radius 3 is 2.60 bits per heavy atom. The smallest absolute Gasteiger partial charge is 0.229 e. The largest absolute Gasteiger partial charge is 0.326 e. The van der Waals surface area contributed by atoms with Crippen molar-refractivity contribution in [1.29, 1.82) is 0 Å². The Morgan fingerprint density at radius 2 is 1.96 bits per heavy atom. The third-order valence-electron chi connectivity index (χ3n) is 4.60. The molecule has 1 heterocycles. The van der Waals surface area contributed by atoms with Crippen LogP contribution in [0.4, 0.5) is 11.4 Å². The highest BCUT2D eigenvalue weighted by Crippen LogP contribution is 2.27. The Morgan fingerprint density at radius 1 is 1.24 bits per heavy atom. The van der Waals surface area contributed by atoms with Crippen molar-refractivity contribution in [2.45, 2.75) is 26.7 Å². The molecule has 5 heteroatoms. The predicted molar refractivity (Wildman–Crippen MR) is 104 cm³/mol.